The Kier molecular flexibility index (Phi) is 4.44. The van der Waals surface area contributed by atoms with Gasteiger partial charge in [0.25, 0.3) is 0 Å². The number of rotatable bonds is 3. The summed E-state index contributed by atoms with van der Waals surface area (Å²) < 4.78 is 54.1. The lowest BCUT2D eigenvalue weighted by Crippen LogP contribution is -2.44. The number of hydrogen-bond donors (Lipinski definition) is 1. The highest BCUT2D eigenvalue weighted by atomic mass is 32.2. The Balaban J connectivity index is 2.28. The lowest BCUT2D eigenvalue weighted by Gasteiger charge is -2.34. The third-order valence-electron chi connectivity index (χ3n) is 4.20. The Hall–Kier alpha value is -1.01. The van der Waals surface area contributed by atoms with Crippen molar-refractivity contribution >= 4 is 10.0 Å². The van der Waals surface area contributed by atoms with E-state index in [1.165, 1.54) is 0 Å². The molecule has 6 heteroatoms. The Morgan fingerprint density at radius 3 is 2.35 bits per heavy atom. The zero-order chi connectivity index (χ0) is 14.9. The molecule has 0 aromatic heterocycles. The fourth-order valence-corrected chi connectivity index (χ4v) is 4.24. The largest absolute Gasteiger partial charge is 0.246 e. The van der Waals surface area contributed by atoms with Crippen molar-refractivity contribution in [3.05, 3.63) is 29.8 Å². The highest BCUT2D eigenvalue weighted by Crippen LogP contribution is 2.31. The average molecular weight is 303 g/mol. The van der Waals surface area contributed by atoms with Gasteiger partial charge in [-0.25, -0.2) is 21.9 Å². The minimum atomic E-state index is -4.18. The molecule has 0 radical (unpaired) electrons. The van der Waals surface area contributed by atoms with Gasteiger partial charge in [0.1, 0.15) is 11.6 Å². The Morgan fingerprint density at radius 1 is 1.15 bits per heavy atom. The van der Waals surface area contributed by atoms with E-state index in [4.69, 9.17) is 0 Å². The number of sulfonamides is 1. The van der Waals surface area contributed by atoms with Crippen molar-refractivity contribution in [2.24, 2.45) is 11.8 Å². The van der Waals surface area contributed by atoms with Crippen LogP contribution in [0.25, 0.3) is 0 Å². The van der Waals surface area contributed by atoms with Crippen molar-refractivity contribution in [1.82, 2.24) is 4.72 Å². The van der Waals surface area contributed by atoms with Gasteiger partial charge < -0.3 is 0 Å². The van der Waals surface area contributed by atoms with Crippen LogP contribution in [0.5, 0.6) is 0 Å². The molecule has 3 atom stereocenters. The Labute approximate surface area is 118 Å². The summed E-state index contributed by atoms with van der Waals surface area (Å²) in [6.45, 7) is 4.03. The molecule has 0 spiro atoms. The predicted octanol–water partition coefficient (Wildman–Crippen LogP) is 3.07. The van der Waals surface area contributed by atoms with Gasteiger partial charge in [0.2, 0.25) is 10.0 Å². The molecule has 0 saturated heterocycles. The van der Waals surface area contributed by atoms with Gasteiger partial charge >= 0.3 is 0 Å². The van der Waals surface area contributed by atoms with Crippen molar-refractivity contribution < 1.29 is 17.2 Å². The third-order valence-corrected chi connectivity index (χ3v) is 5.74. The SMILES string of the molecule is CC1CCCC(NS(=O)(=O)c2c(F)cccc2F)C1C. The minimum Gasteiger partial charge on any atom is -0.208 e. The predicted molar refractivity (Wildman–Crippen MR) is 72.6 cm³/mol. The highest BCUT2D eigenvalue weighted by Gasteiger charge is 2.33. The van der Waals surface area contributed by atoms with Crippen LogP contribution >= 0.6 is 0 Å². The monoisotopic (exact) mass is 303 g/mol. The van der Waals surface area contributed by atoms with Gasteiger partial charge in [-0.15, -0.1) is 0 Å². The minimum absolute atomic E-state index is 0.147. The van der Waals surface area contributed by atoms with E-state index in [0.717, 1.165) is 31.0 Å². The molecule has 0 bridgehead atoms. The molecule has 112 valence electrons. The van der Waals surface area contributed by atoms with Crippen LogP contribution in [-0.4, -0.2) is 14.5 Å². The molecule has 1 aliphatic rings. The standard InChI is InChI=1S/C14H19F2NO2S/c1-9-5-3-8-13(10(9)2)17-20(18,19)14-11(15)6-4-7-12(14)16/h4,6-7,9-10,13,17H,3,5,8H2,1-2H3. The van der Waals surface area contributed by atoms with E-state index in [0.29, 0.717) is 12.3 Å². The van der Waals surface area contributed by atoms with Crippen LogP contribution in [0.3, 0.4) is 0 Å². The topological polar surface area (TPSA) is 46.2 Å². The molecule has 1 aromatic rings. The van der Waals surface area contributed by atoms with Crippen LogP contribution in [0, 0.1) is 23.5 Å². The summed E-state index contributed by atoms with van der Waals surface area (Å²) in [7, 11) is -4.18. The van der Waals surface area contributed by atoms with Gasteiger partial charge in [-0.05, 0) is 30.4 Å². The fourth-order valence-electron chi connectivity index (χ4n) is 2.75. The van der Waals surface area contributed by atoms with Crippen LogP contribution in [0.4, 0.5) is 8.78 Å². The van der Waals surface area contributed by atoms with Crippen molar-refractivity contribution in [2.45, 2.75) is 44.0 Å². The molecular weight excluding hydrogens is 284 g/mol. The van der Waals surface area contributed by atoms with E-state index in [1.54, 1.807) is 0 Å². The zero-order valence-corrected chi connectivity index (χ0v) is 12.4. The quantitative estimate of drug-likeness (QED) is 0.933. The first-order valence-corrected chi connectivity index (χ1v) is 8.27. The second kappa shape index (κ2) is 5.77. The van der Waals surface area contributed by atoms with Crippen LogP contribution < -0.4 is 4.72 Å². The number of halogens is 2. The summed E-state index contributed by atoms with van der Waals surface area (Å²) in [4.78, 5) is -0.884. The van der Waals surface area contributed by atoms with Gasteiger partial charge in [0.05, 0.1) is 0 Å². The Bertz CT molecular complexity index is 569. The average Bonchev–Trinajstić information content (AvgIpc) is 2.34. The maximum absolute atomic E-state index is 13.6. The van der Waals surface area contributed by atoms with Crippen molar-refractivity contribution in [1.29, 1.82) is 0 Å². The smallest absolute Gasteiger partial charge is 0.208 e. The van der Waals surface area contributed by atoms with E-state index in [9.17, 15) is 17.2 Å². The normalized spacial score (nSPS) is 27.5. The summed E-state index contributed by atoms with van der Waals surface area (Å²) in [5, 5.41) is 0. The summed E-state index contributed by atoms with van der Waals surface area (Å²) in [5.41, 5.74) is 0. The molecule has 3 nitrogen and oxygen atoms in total. The van der Waals surface area contributed by atoms with E-state index in [1.807, 2.05) is 6.92 Å². The Morgan fingerprint density at radius 2 is 1.75 bits per heavy atom. The van der Waals surface area contributed by atoms with Gasteiger partial charge in [-0.1, -0.05) is 32.8 Å². The maximum atomic E-state index is 13.6. The first-order chi connectivity index (χ1) is 9.33. The lowest BCUT2D eigenvalue weighted by atomic mass is 9.78. The molecule has 1 aliphatic carbocycles. The van der Waals surface area contributed by atoms with Crippen LogP contribution in [0.15, 0.2) is 23.1 Å². The van der Waals surface area contributed by atoms with E-state index in [2.05, 4.69) is 11.6 Å². The summed E-state index contributed by atoms with van der Waals surface area (Å²) >= 11 is 0. The van der Waals surface area contributed by atoms with Crippen LogP contribution in [0.1, 0.15) is 33.1 Å². The first-order valence-electron chi connectivity index (χ1n) is 6.79. The molecule has 2 rings (SSSR count). The van der Waals surface area contributed by atoms with Crippen LogP contribution in [-0.2, 0) is 10.0 Å². The van der Waals surface area contributed by atoms with Gasteiger partial charge in [-0.2, -0.15) is 0 Å². The molecule has 3 unspecified atom stereocenters. The summed E-state index contributed by atoms with van der Waals surface area (Å²) in [6.07, 6.45) is 2.66. The molecule has 0 amide bonds. The molecule has 0 aliphatic heterocycles. The molecule has 1 saturated carbocycles. The van der Waals surface area contributed by atoms with E-state index in [-0.39, 0.29) is 12.0 Å². The zero-order valence-electron chi connectivity index (χ0n) is 11.6. The fraction of sp³-hybridized carbons (Fsp3) is 0.571. The molecule has 1 aromatic carbocycles. The van der Waals surface area contributed by atoms with Gasteiger partial charge in [0, 0.05) is 6.04 Å². The van der Waals surface area contributed by atoms with Crippen LogP contribution in [0.2, 0.25) is 0 Å². The third kappa shape index (κ3) is 3.01. The van der Waals surface area contributed by atoms with Gasteiger partial charge in [0.15, 0.2) is 4.90 Å². The van der Waals surface area contributed by atoms with E-state index < -0.39 is 26.6 Å². The van der Waals surface area contributed by atoms with Gasteiger partial charge in [-0.3, -0.25) is 0 Å². The number of benzene rings is 1. The van der Waals surface area contributed by atoms with Crippen molar-refractivity contribution in [3.8, 4) is 0 Å². The lowest BCUT2D eigenvalue weighted by molar-refractivity contribution is 0.226. The molecule has 1 fully saturated rings. The highest BCUT2D eigenvalue weighted by molar-refractivity contribution is 7.89. The second-order valence-electron chi connectivity index (χ2n) is 5.55. The van der Waals surface area contributed by atoms with Crippen molar-refractivity contribution in [2.75, 3.05) is 0 Å². The molecule has 0 heterocycles. The van der Waals surface area contributed by atoms with E-state index >= 15 is 0 Å². The summed E-state index contributed by atoms with van der Waals surface area (Å²) in [5.74, 6) is -1.58. The summed E-state index contributed by atoms with van der Waals surface area (Å²) in [6, 6.07) is 2.77. The number of hydrogen-bond acceptors (Lipinski definition) is 2. The molecule has 1 N–H and O–H groups in total. The second-order valence-corrected chi connectivity index (χ2v) is 7.20. The number of nitrogens with one attached hydrogen (secondary N) is 1. The molecular formula is C14H19F2NO2S. The molecule has 20 heavy (non-hydrogen) atoms. The maximum Gasteiger partial charge on any atom is 0.246 e. The first kappa shape index (κ1) is 15.4. The van der Waals surface area contributed by atoms with Crippen molar-refractivity contribution in [3.63, 3.8) is 0 Å².